The van der Waals surface area contributed by atoms with Crippen LogP contribution in [0.5, 0.6) is 0 Å². The van der Waals surface area contributed by atoms with Crippen LogP contribution in [0.15, 0.2) is 53.6 Å². The molecular weight excluding hydrogens is 322 g/mol. The Kier molecular flexibility index (Phi) is 3.56. The van der Waals surface area contributed by atoms with Gasteiger partial charge in [0, 0.05) is 13.1 Å². The van der Waals surface area contributed by atoms with Crippen molar-refractivity contribution in [2.45, 2.75) is 18.4 Å². The van der Waals surface area contributed by atoms with Crippen molar-refractivity contribution in [1.82, 2.24) is 14.5 Å². The Morgan fingerprint density at radius 2 is 1.92 bits per heavy atom. The minimum absolute atomic E-state index is 0.136. The second kappa shape index (κ2) is 5.77. The summed E-state index contributed by atoms with van der Waals surface area (Å²) in [6, 6.07) is 9.09. The van der Waals surface area contributed by atoms with Crippen molar-refractivity contribution in [2.24, 2.45) is 0 Å². The second-order valence-corrected chi connectivity index (χ2v) is 6.24. The Bertz CT molecular complexity index is 921. The summed E-state index contributed by atoms with van der Waals surface area (Å²) in [5.41, 5.74) is 0.943. The van der Waals surface area contributed by atoms with Crippen molar-refractivity contribution in [3.8, 4) is 0 Å². The van der Waals surface area contributed by atoms with E-state index in [9.17, 15) is 14.7 Å². The van der Waals surface area contributed by atoms with Crippen LogP contribution in [0, 0.1) is 0 Å². The maximum Gasteiger partial charge on any atom is 0.330 e. The number of carboxylic acids is 1. The third-order valence-electron chi connectivity index (χ3n) is 4.96. The number of benzene rings is 1. The van der Waals surface area contributed by atoms with Gasteiger partial charge in [0.15, 0.2) is 0 Å². The average molecular weight is 339 g/mol. The van der Waals surface area contributed by atoms with Crippen molar-refractivity contribution in [1.29, 1.82) is 0 Å². The third kappa shape index (κ3) is 2.39. The highest BCUT2D eigenvalue weighted by molar-refractivity contribution is 5.94. The molecule has 1 saturated heterocycles. The van der Waals surface area contributed by atoms with E-state index in [0.29, 0.717) is 31.5 Å². The van der Waals surface area contributed by atoms with Crippen LogP contribution in [0.3, 0.4) is 0 Å². The standard InChI is InChI=1S/C18H17N3O4/c22-16(13-5-10-25-11-13)20-8-6-18(7-9-20,17(23)24)21-12-19-14-3-1-2-4-15(14)21/h1-5,10-12H,6-9H2,(H,23,24). The fourth-order valence-electron chi connectivity index (χ4n) is 3.51. The molecule has 0 saturated carbocycles. The van der Waals surface area contributed by atoms with Crippen molar-refractivity contribution >= 4 is 22.9 Å². The number of likely N-dealkylation sites (tertiary alicyclic amines) is 1. The normalized spacial score (nSPS) is 16.9. The van der Waals surface area contributed by atoms with E-state index in [1.807, 2.05) is 24.3 Å². The number of hydrogen-bond donors (Lipinski definition) is 1. The molecule has 1 aliphatic heterocycles. The number of furan rings is 1. The fourth-order valence-corrected chi connectivity index (χ4v) is 3.51. The first-order valence-corrected chi connectivity index (χ1v) is 8.09. The number of aliphatic carboxylic acids is 1. The summed E-state index contributed by atoms with van der Waals surface area (Å²) in [5, 5.41) is 9.96. The highest BCUT2D eigenvalue weighted by Crippen LogP contribution is 2.34. The minimum Gasteiger partial charge on any atom is -0.479 e. The summed E-state index contributed by atoms with van der Waals surface area (Å²) in [6.07, 6.45) is 5.10. The molecule has 3 heterocycles. The average Bonchev–Trinajstić information content (AvgIpc) is 3.31. The van der Waals surface area contributed by atoms with E-state index in [0.717, 1.165) is 11.0 Å². The summed E-state index contributed by atoms with van der Waals surface area (Å²) < 4.78 is 6.70. The first-order valence-electron chi connectivity index (χ1n) is 8.09. The van der Waals surface area contributed by atoms with Crippen LogP contribution in [0.25, 0.3) is 11.0 Å². The number of aromatic nitrogens is 2. The maximum absolute atomic E-state index is 12.4. The number of imidazole rings is 1. The third-order valence-corrected chi connectivity index (χ3v) is 4.96. The molecule has 25 heavy (non-hydrogen) atoms. The number of rotatable bonds is 3. The van der Waals surface area contributed by atoms with Crippen LogP contribution in [-0.4, -0.2) is 44.5 Å². The van der Waals surface area contributed by atoms with Gasteiger partial charge in [-0.25, -0.2) is 9.78 Å². The molecule has 0 radical (unpaired) electrons. The van der Waals surface area contributed by atoms with Crippen LogP contribution >= 0.6 is 0 Å². The van der Waals surface area contributed by atoms with Crippen LogP contribution in [-0.2, 0) is 10.3 Å². The van der Waals surface area contributed by atoms with Gasteiger partial charge >= 0.3 is 5.97 Å². The molecule has 0 bridgehead atoms. The first kappa shape index (κ1) is 15.4. The Labute approximate surface area is 143 Å². The number of amides is 1. The van der Waals surface area contributed by atoms with Gasteiger partial charge in [-0.1, -0.05) is 12.1 Å². The molecule has 4 rings (SSSR count). The molecule has 128 valence electrons. The lowest BCUT2D eigenvalue weighted by atomic mass is 9.86. The molecule has 1 aromatic carbocycles. The predicted octanol–water partition coefficient (Wildman–Crippen LogP) is 2.35. The minimum atomic E-state index is -1.09. The van der Waals surface area contributed by atoms with Gasteiger partial charge in [-0.15, -0.1) is 0 Å². The van der Waals surface area contributed by atoms with Gasteiger partial charge in [-0.3, -0.25) is 4.79 Å². The van der Waals surface area contributed by atoms with Crippen LogP contribution in [0.2, 0.25) is 0 Å². The van der Waals surface area contributed by atoms with Gasteiger partial charge < -0.3 is 19.0 Å². The van der Waals surface area contributed by atoms with E-state index < -0.39 is 11.5 Å². The number of piperidine rings is 1. The number of nitrogens with zero attached hydrogens (tertiary/aromatic N) is 3. The topological polar surface area (TPSA) is 88.6 Å². The van der Waals surface area contributed by atoms with E-state index in [1.54, 1.807) is 21.9 Å². The highest BCUT2D eigenvalue weighted by Gasteiger charge is 2.45. The zero-order chi connectivity index (χ0) is 17.4. The molecule has 7 heteroatoms. The molecular formula is C18H17N3O4. The highest BCUT2D eigenvalue weighted by atomic mass is 16.4. The Morgan fingerprint density at radius 3 is 2.60 bits per heavy atom. The van der Waals surface area contributed by atoms with Gasteiger partial charge in [-0.05, 0) is 31.0 Å². The molecule has 2 aromatic heterocycles. The molecule has 1 fully saturated rings. The molecule has 1 N–H and O–H groups in total. The quantitative estimate of drug-likeness (QED) is 0.791. The van der Waals surface area contributed by atoms with Crippen molar-refractivity contribution in [3.63, 3.8) is 0 Å². The van der Waals surface area contributed by atoms with Gasteiger partial charge in [0.1, 0.15) is 11.8 Å². The second-order valence-electron chi connectivity index (χ2n) is 6.24. The maximum atomic E-state index is 12.4. The zero-order valence-corrected chi connectivity index (χ0v) is 13.5. The molecule has 0 unspecified atom stereocenters. The van der Waals surface area contributed by atoms with Crippen LogP contribution in [0.4, 0.5) is 0 Å². The van der Waals surface area contributed by atoms with E-state index >= 15 is 0 Å². The molecule has 1 amide bonds. The van der Waals surface area contributed by atoms with Gasteiger partial charge in [0.05, 0.1) is 29.2 Å². The van der Waals surface area contributed by atoms with Crippen molar-refractivity contribution < 1.29 is 19.1 Å². The summed E-state index contributed by atoms with van der Waals surface area (Å²) in [5.74, 6) is -1.03. The number of carboxylic acid groups (broad SMARTS) is 1. The van der Waals surface area contributed by atoms with Crippen molar-refractivity contribution in [2.75, 3.05) is 13.1 Å². The molecule has 7 nitrogen and oxygen atoms in total. The van der Waals surface area contributed by atoms with Gasteiger partial charge in [-0.2, -0.15) is 0 Å². The predicted molar refractivity (Wildman–Crippen MR) is 89.2 cm³/mol. The van der Waals surface area contributed by atoms with Crippen LogP contribution < -0.4 is 0 Å². The first-order chi connectivity index (χ1) is 12.1. The van der Waals surface area contributed by atoms with E-state index in [-0.39, 0.29) is 5.91 Å². The Balaban J connectivity index is 1.64. The van der Waals surface area contributed by atoms with Gasteiger partial charge in [0.25, 0.3) is 5.91 Å². The van der Waals surface area contributed by atoms with Crippen LogP contribution in [0.1, 0.15) is 23.2 Å². The van der Waals surface area contributed by atoms with Gasteiger partial charge in [0.2, 0.25) is 0 Å². The number of carbonyl (C=O) groups excluding carboxylic acids is 1. The zero-order valence-electron chi connectivity index (χ0n) is 13.5. The summed E-state index contributed by atoms with van der Waals surface area (Å²) in [6.45, 7) is 0.728. The molecule has 0 spiro atoms. The van der Waals surface area contributed by atoms with E-state index in [4.69, 9.17) is 4.42 Å². The lowest BCUT2D eigenvalue weighted by Crippen LogP contribution is -2.52. The monoisotopic (exact) mass is 339 g/mol. The van der Waals surface area contributed by atoms with E-state index in [1.165, 1.54) is 12.5 Å². The van der Waals surface area contributed by atoms with Crippen molar-refractivity contribution in [3.05, 3.63) is 54.7 Å². The number of hydrogen-bond acceptors (Lipinski definition) is 4. The Hall–Kier alpha value is -3.09. The molecule has 1 aliphatic rings. The summed E-state index contributed by atoms with van der Waals surface area (Å²) in [7, 11) is 0. The lowest BCUT2D eigenvalue weighted by molar-refractivity contribution is -0.149. The number of fused-ring (bicyclic) bond motifs is 1. The fraction of sp³-hybridized carbons (Fsp3) is 0.278. The number of carbonyl (C=O) groups is 2. The van der Waals surface area contributed by atoms with E-state index in [2.05, 4.69) is 4.98 Å². The molecule has 0 atom stereocenters. The smallest absolute Gasteiger partial charge is 0.330 e. The molecule has 3 aromatic rings. The number of para-hydroxylation sites is 2. The SMILES string of the molecule is O=C(c1ccoc1)N1CCC(C(=O)O)(n2cnc3ccccc32)CC1. The largest absolute Gasteiger partial charge is 0.479 e. The molecule has 0 aliphatic carbocycles. The Morgan fingerprint density at radius 1 is 1.16 bits per heavy atom. The lowest BCUT2D eigenvalue weighted by Gasteiger charge is -2.39. The summed E-state index contributed by atoms with van der Waals surface area (Å²) in [4.78, 5) is 30.6. The summed E-state index contributed by atoms with van der Waals surface area (Å²) >= 11 is 0.